The molecular formula is C15H29NO2S5. The van der Waals surface area contributed by atoms with Crippen LogP contribution >= 0.6 is 0 Å². The lowest BCUT2D eigenvalue weighted by atomic mass is 9.75. The molecule has 0 heterocycles. The minimum Gasteiger partial charge on any atom is -0.302 e. The maximum absolute atomic E-state index is 12.4. The maximum atomic E-state index is 12.4. The molecule has 0 amide bonds. The van der Waals surface area contributed by atoms with E-state index in [2.05, 4.69) is 20.8 Å². The monoisotopic (exact) mass is 415 g/mol. The lowest BCUT2D eigenvalue weighted by molar-refractivity contribution is -0.122. The van der Waals surface area contributed by atoms with Gasteiger partial charge in [-0.25, -0.2) is 0 Å². The van der Waals surface area contributed by atoms with Crippen LogP contribution in [0, 0.1) is 5.41 Å². The average molecular weight is 416 g/mol. The van der Waals surface area contributed by atoms with Crippen LogP contribution in [0.3, 0.4) is 0 Å². The van der Waals surface area contributed by atoms with Crippen LogP contribution in [0.15, 0.2) is 0 Å². The third-order valence-corrected chi connectivity index (χ3v) is 11.6. The Hall–Kier alpha value is 0.660. The maximum Gasteiger partial charge on any atom is 0.139 e. The molecule has 0 spiro atoms. The molecule has 8 heteroatoms. The molecule has 0 aromatic carbocycles. The van der Waals surface area contributed by atoms with Gasteiger partial charge in [-0.2, -0.15) is 3.71 Å². The van der Waals surface area contributed by atoms with E-state index in [9.17, 15) is 9.59 Å². The van der Waals surface area contributed by atoms with Gasteiger partial charge < -0.3 is 4.79 Å². The van der Waals surface area contributed by atoms with E-state index < -0.39 is 15.7 Å². The van der Waals surface area contributed by atoms with E-state index in [1.165, 1.54) is 8.88 Å². The van der Waals surface area contributed by atoms with Gasteiger partial charge in [0, 0.05) is 25.4 Å². The highest BCUT2D eigenvalue weighted by Crippen LogP contribution is 2.35. The molecule has 0 rings (SSSR count). The molecule has 0 N–H and O–H groups in total. The lowest BCUT2D eigenvalue weighted by Crippen LogP contribution is -2.39. The molecule has 0 bridgehead atoms. The summed E-state index contributed by atoms with van der Waals surface area (Å²) < 4.78 is 1.92. The van der Waals surface area contributed by atoms with Crippen molar-refractivity contribution >= 4 is 62.6 Å². The molecule has 0 radical (unpaired) electrons. The number of hydrogen-bond donors (Lipinski definition) is 0. The molecule has 0 aromatic heterocycles. The molecule has 0 aliphatic heterocycles. The third kappa shape index (κ3) is 7.61. The van der Waals surface area contributed by atoms with Gasteiger partial charge in [0.05, 0.1) is 6.04 Å². The summed E-state index contributed by atoms with van der Waals surface area (Å²) in [6, 6.07) is -0.448. The van der Waals surface area contributed by atoms with Crippen molar-refractivity contribution in [3.05, 3.63) is 0 Å². The molecule has 136 valence electrons. The SMILES string of the molecule is CCC(CC)(CC)CCC(=O)CC(C=O)N(S(C)=S)S(C)=S=S. The van der Waals surface area contributed by atoms with E-state index in [1.54, 1.807) is 0 Å². The summed E-state index contributed by atoms with van der Waals surface area (Å²) in [5, 5.41) is 0. The minimum atomic E-state index is -0.498. The second-order valence-electron chi connectivity index (χ2n) is 5.71. The molecule has 0 aromatic rings. The van der Waals surface area contributed by atoms with E-state index in [4.69, 9.17) is 22.4 Å². The van der Waals surface area contributed by atoms with Gasteiger partial charge in [0.2, 0.25) is 0 Å². The summed E-state index contributed by atoms with van der Waals surface area (Å²) in [5.41, 5.74) is 0.255. The first-order valence-corrected chi connectivity index (χ1v) is 14.2. The molecule has 3 unspecified atom stereocenters. The number of hydrogen-bond acceptors (Lipinski definition) is 4. The summed E-state index contributed by atoms with van der Waals surface area (Å²) in [7, 11) is 0.443. The molecular weight excluding hydrogens is 387 g/mol. The predicted molar refractivity (Wildman–Crippen MR) is 113 cm³/mol. The van der Waals surface area contributed by atoms with Gasteiger partial charge >= 0.3 is 0 Å². The number of Topliss-reactive ketones (excluding diaryl/α,β-unsaturated/α-hetero) is 1. The molecule has 0 saturated heterocycles. The van der Waals surface area contributed by atoms with Gasteiger partial charge in [-0.05, 0) is 62.4 Å². The van der Waals surface area contributed by atoms with Crippen molar-refractivity contribution in [3.8, 4) is 0 Å². The number of rotatable bonds is 12. The second-order valence-corrected chi connectivity index (χ2v) is 13.1. The van der Waals surface area contributed by atoms with Crippen LogP contribution in [0.5, 0.6) is 0 Å². The quantitative estimate of drug-likeness (QED) is 0.458. The lowest BCUT2D eigenvalue weighted by Gasteiger charge is -2.31. The first-order valence-electron chi connectivity index (χ1n) is 7.86. The summed E-state index contributed by atoms with van der Waals surface area (Å²) >= 11 is 10.4. The van der Waals surface area contributed by atoms with Crippen molar-refractivity contribution in [2.45, 2.75) is 65.3 Å². The zero-order valence-electron chi connectivity index (χ0n) is 14.7. The van der Waals surface area contributed by atoms with E-state index in [-0.39, 0.29) is 27.3 Å². The highest BCUT2D eigenvalue weighted by molar-refractivity contribution is 8.50. The third-order valence-electron chi connectivity index (χ3n) is 4.65. The second kappa shape index (κ2) is 12.1. The summed E-state index contributed by atoms with van der Waals surface area (Å²) in [6.45, 7) is 6.57. The topological polar surface area (TPSA) is 37.4 Å². The Bertz CT molecular complexity index is 476. The molecule has 3 atom stereocenters. The first kappa shape index (κ1) is 23.7. The Labute approximate surface area is 158 Å². The van der Waals surface area contributed by atoms with Crippen LogP contribution < -0.4 is 0 Å². The van der Waals surface area contributed by atoms with Crippen molar-refractivity contribution in [3.63, 3.8) is 0 Å². The Morgan fingerprint density at radius 3 is 2.13 bits per heavy atom. The van der Waals surface area contributed by atoms with Gasteiger partial charge in [-0.15, -0.1) is 0 Å². The zero-order valence-corrected chi connectivity index (χ0v) is 18.8. The van der Waals surface area contributed by atoms with Gasteiger partial charge in [-0.1, -0.05) is 40.0 Å². The van der Waals surface area contributed by atoms with Crippen LogP contribution in [0.25, 0.3) is 0 Å². The van der Waals surface area contributed by atoms with Gasteiger partial charge in [-0.3, -0.25) is 4.79 Å². The molecule has 0 fully saturated rings. The van der Waals surface area contributed by atoms with E-state index in [0.717, 1.165) is 32.0 Å². The van der Waals surface area contributed by atoms with Gasteiger partial charge in [0.1, 0.15) is 12.1 Å². The summed E-state index contributed by atoms with van der Waals surface area (Å²) in [6.07, 6.45) is 9.67. The molecule has 0 aliphatic carbocycles. The van der Waals surface area contributed by atoms with E-state index >= 15 is 0 Å². The average Bonchev–Trinajstić information content (AvgIpc) is 2.55. The smallest absolute Gasteiger partial charge is 0.139 e. The van der Waals surface area contributed by atoms with Crippen LogP contribution in [0.2, 0.25) is 0 Å². The van der Waals surface area contributed by atoms with Gasteiger partial charge in [0.15, 0.2) is 0 Å². The zero-order chi connectivity index (χ0) is 18.0. The van der Waals surface area contributed by atoms with Gasteiger partial charge in [0.25, 0.3) is 0 Å². The summed E-state index contributed by atoms with van der Waals surface area (Å²) in [4.78, 5) is 23.9. The van der Waals surface area contributed by atoms with Crippen molar-refractivity contribution < 1.29 is 9.59 Å². The van der Waals surface area contributed by atoms with Crippen molar-refractivity contribution in [1.82, 2.24) is 3.71 Å². The Morgan fingerprint density at radius 1 is 1.26 bits per heavy atom. The Morgan fingerprint density at radius 2 is 1.78 bits per heavy atom. The predicted octanol–water partition coefficient (Wildman–Crippen LogP) is 3.06. The van der Waals surface area contributed by atoms with Crippen molar-refractivity contribution in [2.24, 2.45) is 5.41 Å². The van der Waals surface area contributed by atoms with E-state index in [0.29, 0.717) is 6.42 Å². The number of carbonyl (C=O) groups excluding carboxylic acids is 2. The highest BCUT2D eigenvalue weighted by Gasteiger charge is 2.27. The molecule has 23 heavy (non-hydrogen) atoms. The van der Waals surface area contributed by atoms with Crippen molar-refractivity contribution in [1.29, 1.82) is 0 Å². The molecule has 0 saturated carbocycles. The van der Waals surface area contributed by atoms with Crippen LogP contribution in [-0.4, -0.2) is 34.3 Å². The number of nitrogens with zero attached hydrogens (tertiary/aromatic N) is 1. The first-order chi connectivity index (χ1) is 10.8. The highest BCUT2D eigenvalue weighted by atomic mass is 33.1. The molecule has 3 nitrogen and oxygen atoms in total. The normalized spacial score (nSPS) is 15.9. The fourth-order valence-corrected chi connectivity index (χ4v) is 9.05. The largest absolute Gasteiger partial charge is 0.302 e. The number of ketones is 1. The fraction of sp³-hybridized carbons (Fsp3) is 0.867. The van der Waals surface area contributed by atoms with Crippen molar-refractivity contribution in [2.75, 3.05) is 12.5 Å². The van der Waals surface area contributed by atoms with Crippen LogP contribution in [0.1, 0.15) is 59.3 Å². The van der Waals surface area contributed by atoms with Crippen LogP contribution in [0.4, 0.5) is 0 Å². The number of aldehydes is 1. The Balaban J connectivity index is 4.94. The van der Waals surface area contributed by atoms with Crippen LogP contribution in [-0.2, 0) is 60.1 Å². The van der Waals surface area contributed by atoms with E-state index in [1.807, 2.05) is 16.2 Å². The minimum absolute atomic E-state index is 0.152. The summed E-state index contributed by atoms with van der Waals surface area (Å²) in [5.74, 6) is 0.152. The number of carbonyl (C=O) groups is 2. The standard InChI is InChI=1S/C15H29NO2S5/c1-6-15(7-2,8-3)10-9-14(18)11-13(12-17)16(22(4)20)23(5)21-19/h12-13H,6-11H2,1-5H3. The molecule has 0 aliphatic rings. The Kier molecular flexibility index (Phi) is 12.4. The fourth-order valence-electron chi connectivity index (χ4n) is 2.75.